The molecule has 7 heteroatoms. The van der Waals surface area contributed by atoms with Crippen LogP contribution in [0.2, 0.25) is 0 Å². The lowest BCUT2D eigenvalue weighted by molar-refractivity contribution is -0.894. The van der Waals surface area contributed by atoms with Gasteiger partial charge in [0.25, 0.3) is 0 Å². The van der Waals surface area contributed by atoms with Crippen molar-refractivity contribution in [2.75, 3.05) is 31.1 Å². The lowest BCUT2D eigenvalue weighted by atomic mass is 10.3. The van der Waals surface area contributed by atoms with E-state index in [1.807, 2.05) is 0 Å². The van der Waals surface area contributed by atoms with Gasteiger partial charge in [0.05, 0.1) is 30.2 Å². The highest BCUT2D eigenvalue weighted by Gasteiger charge is 2.05. The van der Waals surface area contributed by atoms with E-state index in [0.29, 0.717) is 5.69 Å². The summed E-state index contributed by atoms with van der Waals surface area (Å²) in [7, 11) is -4.48. The second-order valence-electron chi connectivity index (χ2n) is 4.06. The molecule has 0 amide bonds. The van der Waals surface area contributed by atoms with Crippen molar-refractivity contribution in [3.63, 3.8) is 0 Å². The molecule has 0 aliphatic heterocycles. The Kier molecular flexibility index (Phi) is 7.43. The Balaban J connectivity index is 0.000000399. The largest absolute Gasteiger partial charge is 0.744 e. The monoisotopic (exact) mass is 289 g/mol. The van der Waals surface area contributed by atoms with Crippen LogP contribution >= 0.6 is 0 Å². The number of nitrogens with two attached hydrogens (primary N) is 2. The third-order valence-electron chi connectivity index (χ3n) is 2.80. The fourth-order valence-electron chi connectivity index (χ4n) is 1.54. The van der Waals surface area contributed by atoms with Crippen LogP contribution in [0.4, 0.5) is 11.4 Å². The van der Waals surface area contributed by atoms with Crippen LogP contribution in [0.5, 0.6) is 0 Å². The molecule has 110 valence electrons. The molecule has 0 spiro atoms. The number of nitrogen functional groups attached to an aromatic ring is 2. The summed E-state index contributed by atoms with van der Waals surface area (Å²) in [5.74, 6) is 0. The Morgan fingerprint density at radius 3 is 1.84 bits per heavy atom. The fourth-order valence-corrected chi connectivity index (χ4v) is 2.13. The maximum Gasteiger partial charge on any atom is 0.126 e. The molecular weight excluding hydrogens is 266 g/mol. The van der Waals surface area contributed by atoms with Crippen molar-refractivity contribution in [3.8, 4) is 0 Å². The third kappa shape index (κ3) is 6.42. The minimum absolute atomic E-state index is 0.120. The van der Waals surface area contributed by atoms with Crippen molar-refractivity contribution in [1.82, 2.24) is 0 Å². The van der Waals surface area contributed by atoms with E-state index in [0.717, 1.165) is 6.07 Å². The summed E-state index contributed by atoms with van der Waals surface area (Å²) in [5.41, 5.74) is 10.7. The second kappa shape index (κ2) is 7.98. The molecule has 0 fully saturated rings. The van der Waals surface area contributed by atoms with E-state index in [1.54, 1.807) is 4.90 Å². The van der Waals surface area contributed by atoms with Gasteiger partial charge in [0.15, 0.2) is 0 Å². The van der Waals surface area contributed by atoms with E-state index in [1.165, 1.54) is 31.8 Å². The van der Waals surface area contributed by atoms with E-state index in [4.69, 9.17) is 11.5 Å². The minimum atomic E-state index is -4.48. The van der Waals surface area contributed by atoms with Gasteiger partial charge in [-0.2, -0.15) is 0 Å². The molecule has 1 aromatic rings. The van der Waals surface area contributed by atoms with Gasteiger partial charge < -0.3 is 20.9 Å². The van der Waals surface area contributed by atoms with Gasteiger partial charge in [0.1, 0.15) is 10.1 Å². The van der Waals surface area contributed by atoms with Crippen LogP contribution in [0.25, 0.3) is 0 Å². The SMILES string of the molecule is CC[NH+](CC)CC.Nc1ccc(S(=O)(=O)[O-])c(N)c1. The first kappa shape index (κ1) is 17.7. The Morgan fingerprint density at radius 1 is 1.11 bits per heavy atom. The molecule has 0 unspecified atom stereocenters. The summed E-state index contributed by atoms with van der Waals surface area (Å²) in [4.78, 5) is 1.25. The second-order valence-corrected chi connectivity index (χ2v) is 5.41. The third-order valence-corrected chi connectivity index (χ3v) is 3.71. The summed E-state index contributed by atoms with van der Waals surface area (Å²) in [6.07, 6.45) is 0. The lowest BCUT2D eigenvalue weighted by Gasteiger charge is -2.10. The zero-order valence-electron chi connectivity index (χ0n) is 11.6. The molecule has 1 aromatic carbocycles. The normalized spacial score (nSPS) is 11.0. The lowest BCUT2D eigenvalue weighted by Crippen LogP contribution is -3.11. The molecule has 0 heterocycles. The molecule has 0 saturated carbocycles. The molecule has 6 nitrogen and oxygen atoms in total. The van der Waals surface area contributed by atoms with Crippen molar-refractivity contribution in [2.45, 2.75) is 25.7 Å². The van der Waals surface area contributed by atoms with E-state index in [-0.39, 0.29) is 5.69 Å². The van der Waals surface area contributed by atoms with E-state index >= 15 is 0 Å². The van der Waals surface area contributed by atoms with Crippen LogP contribution in [-0.4, -0.2) is 32.6 Å². The van der Waals surface area contributed by atoms with E-state index in [9.17, 15) is 13.0 Å². The number of hydrogen-bond donors (Lipinski definition) is 3. The van der Waals surface area contributed by atoms with E-state index in [2.05, 4.69) is 20.8 Å². The molecule has 0 atom stereocenters. The molecule has 0 aliphatic carbocycles. The highest BCUT2D eigenvalue weighted by molar-refractivity contribution is 7.86. The Labute approximate surface area is 115 Å². The maximum atomic E-state index is 10.5. The Hall–Kier alpha value is -1.31. The number of anilines is 2. The van der Waals surface area contributed by atoms with Crippen LogP contribution in [-0.2, 0) is 10.1 Å². The highest BCUT2D eigenvalue weighted by atomic mass is 32.2. The van der Waals surface area contributed by atoms with Crippen molar-refractivity contribution in [2.24, 2.45) is 0 Å². The van der Waals surface area contributed by atoms with Gasteiger partial charge in [0, 0.05) is 5.69 Å². The standard InChI is InChI=1S/C6H8N2O3S.C6H15N/c7-4-1-2-6(5(8)3-4)12(9,10)11;1-4-7(5-2)6-3/h1-3H,7-8H2,(H,9,10,11);4-6H2,1-3H3. The summed E-state index contributed by atoms with van der Waals surface area (Å²) in [6.45, 7) is 10.5. The van der Waals surface area contributed by atoms with Crippen LogP contribution in [0, 0.1) is 0 Å². The maximum absolute atomic E-state index is 10.5. The number of rotatable bonds is 4. The molecular formula is C12H23N3O3S. The zero-order chi connectivity index (χ0) is 15.1. The average Bonchev–Trinajstić information content (AvgIpc) is 2.30. The molecule has 0 aromatic heterocycles. The van der Waals surface area contributed by atoms with Gasteiger partial charge in [0.2, 0.25) is 0 Å². The van der Waals surface area contributed by atoms with Gasteiger partial charge in [-0.05, 0) is 39.0 Å². The van der Waals surface area contributed by atoms with Crippen LogP contribution in [0.1, 0.15) is 20.8 Å². The molecule has 0 saturated heterocycles. The predicted octanol–water partition coefficient (Wildman–Crippen LogP) is -0.314. The first-order valence-corrected chi connectivity index (χ1v) is 7.61. The van der Waals surface area contributed by atoms with Crippen LogP contribution in [0.3, 0.4) is 0 Å². The van der Waals surface area contributed by atoms with Gasteiger partial charge in [-0.25, -0.2) is 8.42 Å². The molecule has 1 rings (SSSR count). The summed E-state index contributed by atoms with van der Waals surface area (Å²) in [6, 6.07) is 3.62. The number of quaternary nitrogens is 1. The van der Waals surface area contributed by atoms with Gasteiger partial charge in [-0.15, -0.1) is 0 Å². The Morgan fingerprint density at radius 2 is 1.58 bits per heavy atom. The molecule has 0 aliphatic rings. The topological polar surface area (TPSA) is 114 Å². The summed E-state index contributed by atoms with van der Waals surface area (Å²) in [5, 5.41) is 0. The van der Waals surface area contributed by atoms with Crippen molar-refractivity contribution >= 4 is 21.5 Å². The quantitative estimate of drug-likeness (QED) is 0.519. The zero-order valence-corrected chi connectivity index (χ0v) is 12.5. The first-order valence-electron chi connectivity index (χ1n) is 6.20. The number of benzene rings is 1. The van der Waals surface area contributed by atoms with Crippen LogP contribution in [0.15, 0.2) is 23.1 Å². The Bertz CT molecular complexity index is 479. The van der Waals surface area contributed by atoms with Crippen molar-refractivity contribution in [1.29, 1.82) is 0 Å². The molecule has 0 radical (unpaired) electrons. The van der Waals surface area contributed by atoms with Gasteiger partial charge in [-0.3, -0.25) is 0 Å². The average molecular weight is 289 g/mol. The number of hydrogen-bond acceptors (Lipinski definition) is 5. The fraction of sp³-hybridized carbons (Fsp3) is 0.500. The van der Waals surface area contributed by atoms with Crippen molar-refractivity contribution in [3.05, 3.63) is 18.2 Å². The first-order chi connectivity index (χ1) is 8.76. The molecule has 5 N–H and O–H groups in total. The summed E-state index contributed by atoms with van der Waals surface area (Å²) < 4.78 is 31.5. The van der Waals surface area contributed by atoms with Crippen molar-refractivity contribution < 1.29 is 17.9 Å². The van der Waals surface area contributed by atoms with Gasteiger partial charge in [-0.1, -0.05) is 0 Å². The molecule has 0 bridgehead atoms. The summed E-state index contributed by atoms with van der Waals surface area (Å²) >= 11 is 0. The number of nitrogens with one attached hydrogen (secondary N) is 1. The van der Waals surface area contributed by atoms with E-state index < -0.39 is 15.0 Å². The smallest absolute Gasteiger partial charge is 0.126 e. The minimum Gasteiger partial charge on any atom is -0.744 e. The highest BCUT2D eigenvalue weighted by Crippen LogP contribution is 2.19. The van der Waals surface area contributed by atoms with Crippen LogP contribution < -0.4 is 16.4 Å². The predicted molar refractivity (Wildman–Crippen MR) is 75.8 cm³/mol. The molecule has 19 heavy (non-hydrogen) atoms. The van der Waals surface area contributed by atoms with Gasteiger partial charge >= 0.3 is 0 Å².